The molecule has 1 aromatic heterocycles. The minimum atomic E-state index is 0.0105. The molecule has 0 aliphatic heterocycles. The molecule has 1 N–H and O–H groups in total. The number of benzene rings is 2. The number of carbonyl (C=O) groups is 1. The quantitative estimate of drug-likeness (QED) is 0.670. The number of para-hydroxylation sites is 2. The molecule has 3 rings (SSSR count). The molecule has 122 valence electrons. The number of amides is 1. The first-order valence-electron chi connectivity index (χ1n) is 7.58. The number of tetrazole rings is 1. The molecular formula is C17H17N5OS. The molecule has 7 heteroatoms. The van der Waals surface area contributed by atoms with E-state index in [2.05, 4.69) is 20.8 Å². The molecule has 0 spiro atoms. The van der Waals surface area contributed by atoms with Crippen molar-refractivity contribution >= 4 is 23.4 Å². The summed E-state index contributed by atoms with van der Waals surface area (Å²) in [6, 6.07) is 19.2. The van der Waals surface area contributed by atoms with Gasteiger partial charge < -0.3 is 5.32 Å². The fourth-order valence-electron chi connectivity index (χ4n) is 2.14. The molecule has 6 nitrogen and oxygen atoms in total. The van der Waals surface area contributed by atoms with E-state index in [-0.39, 0.29) is 5.91 Å². The lowest BCUT2D eigenvalue weighted by molar-refractivity contribution is -0.115. The Bertz CT molecular complexity index is 776. The third-order valence-electron chi connectivity index (χ3n) is 3.30. The number of carbonyl (C=O) groups excluding carboxylic acids is 1. The van der Waals surface area contributed by atoms with Crippen molar-refractivity contribution in [2.75, 3.05) is 11.1 Å². The van der Waals surface area contributed by atoms with Crippen LogP contribution in [-0.2, 0) is 10.5 Å². The molecular weight excluding hydrogens is 322 g/mol. The van der Waals surface area contributed by atoms with Crippen LogP contribution < -0.4 is 5.32 Å². The molecule has 1 amide bonds. The van der Waals surface area contributed by atoms with Crippen LogP contribution in [0, 0.1) is 0 Å². The highest BCUT2D eigenvalue weighted by Crippen LogP contribution is 2.14. The Morgan fingerprint density at radius 3 is 2.50 bits per heavy atom. The molecule has 0 aliphatic rings. The van der Waals surface area contributed by atoms with Crippen molar-refractivity contribution in [3.8, 4) is 5.69 Å². The molecule has 1 heterocycles. The molecule has 0 atom stereocenters. The van der Waals surface area contributed by atoms with Crippen molar-refractivity contribution in [1.29, 1.82) is 0 Å². The minimum absolute atomic E-state index is 0.0105. The number of rotatable bonds is 7. The van der Waals surface area contributed by atoms with Gasteiger partial charge in [0, 0.05) is 17.9 Å². The number of thioether (sulfide) groups is 1. The zero-order valence-corrected chi connectivity index (χ0v) is 13.8. The fourth-order valence-corrected chi connectivity index (χ4v) is 2.98. The monoisotopic (exact) mass is 339 g/mol. The van der Waals surface area contributed by atoms with Gasteiger partial charge in [-0.15, -0.1) is 5.10 Å². The molecule has 24 heavy (non-hydrogen) atoms. The van der Waals surface area contributed by atoms with E-state index >= 15 is 0 Å². The molecule has 0 fully saturated rings. The van der Waals surface area contributed by atoms with Gasteiger partial charge in [0.15, 0.2) is 5.82 Å². The maximum atomic E-state index is 11.9. The van der Waals surface area contributed by atoms with Gasteiger partial charge in [-0.05, 0) is 34.7 Å². The van der Waals surface area contributed by atoms with E-state index in [9.17, 15) is 4.79 Å². The lowest BCUT2D eigenvalue weighted by Gasteiger charge is -2.05. The minimum Gasteiger partial charge on any atom is -0.326 e. The topological polar surface area (TPSA) is 72.7 Å². The van der Waals surface area contributed by atoms with Gasteiger partial charge in [-0.2, -0.15) is 16.4 Å². The molecule has 0 saturated heterocycles. The molecule has 0 aliphatic carbocycles. The predicted molar refractivity (Wildman–Crippen MR) is 95.0 cm³/mol. The molecule has 0 saturated carbocycles. The summed E-state index contributed by atoms with van der Waals surface area (Å²) in [5.41, 5.74) is 1.75. The van der Waals surface area contributed by atoms with E-state index in [1.807, 2.05) is 60.7 Å². The number of hydrogen-bond donors (Lipinski definition) is 1. The van der Waals surface area contributed by atoms with Gasteiger partial charge in [0.05, 0.1) is 11.4 Å². The van der Waals surface area contributed by atoms with Gasteiger partial charge in [0.1, 0.15) is 0 Å². The number of hydrogen-bond acceptors (Lipinski definition) is 5. The second-order valence-corrected chi connectivity index (χ2v) is 6.16. The molecule has 2 aromatic carbocycles. The molecule has 0 radical (unpaired) electrons. The summed E-state index contributed by atoms with van der Waals surface area (Å²) in [7, 11) is 0. The average Bonchev–Trinajstić information content (AvgIpc) is 3.09. The van der Waals surface area contributed by atoms with Crippen molar-refractivity contribution in [2.45, 2.75) is 12.2 Å². The Morgan fingerprint density at radius 1 is 1.04 bits per heavy atom. The van der Waals surface area contributed by atoms with Crippen LogP contribution in [0.4, 0.5) is 5.69 Å². The van der Waals surface area contributed by atoms with E-state index in [0.717, 1.165) is 17.2 Å². The Labute approximate surface area is 144 Å². The van der Waals surface area contributed by atoms with Gasteiger partial charge in [-0.3, -0.25) is 4.79 Å². The molecule has 0 bridgehead atoms. The van der Waals surface area contributed by atoms with Crippen LogP contribution in [0.3, 0.4) is 0 Å². The Hall–Kier alpha value is -2.67. The second-order valence-electron chi connectivity index (χ2n) is 5.06. The van der Waals surface area contributed by atoms with Crippen LogP contribution in [0.25, 0.3) is 5.69 Å². The average molecular weight is 339 g/mol. The molecule has 3 aromatic rings. The van der Waals surface area contributed by atoms with Crippen molar-refractivity contribution < 1.29 is 4.79 Å². The van der Waals surface area contributed by atoms with Gasteiger partial charge in [0.2, 0.25) is 5.91 Å². The fraction of sp³-hybridized carbons (Fsp3) is 0.176. The van der Waals surface area contributed by atoms with Crippen LogP contribution in [0.15, 0.2) is 60.7 Å². The van der Waals surface area contributed by atoms with E-state index in [1.54, 1.807) is 16.4 Å². The highest BCUT2D eigenvalue weighted by atomic mass is 32.2. The summed E-state index contributed by atoms with van der Waals surface area (Å²) in [5, 5.41) is 14.7. The van der Waals surface area contributed by atoms with Crippen LogP contribution in [0.5, 0.6) is 0 Å². The highest BCUT2D eigenvalue weighted by molar-refractivity contribution is 7.98. The summed E-state index contributed by atoms with van der Waals surface area (Å²) in [5.74, 6) is 2.15. The zero-order chi connectivity index (χ0) is 16.6. The summed E-state index contributed by atoms with van der Waals surface area (Å²) >= 11 is 1.63. The van der Waals surface area contributed by atoms with Crippen LogP contribution >= 0.6 is 11.8 Å². The lowest BCUT2D eigenvalue weighted by Crippen LogP contribution is -2.12. The van der Waals surface area contributed by atoms with Crippen LogP contribution in [0.1, 0.15) is 12.2 Å². The second kappa shape index (κ2) is 8.26. The zero-order valence-electron chi connectivity index (χ0n) is 13.0. The lowest BCUT2D eigenvalue weighted by atomic mass is 10.3. The predicted octanol–water partition coefficient (Wildman–Crippen LogP) is 2.92. The summed E-state index contributed by atoms with van der Waals surface area (Å²) in [6.07, 6.45) is 0.451. The Balaban J connectivity index is 1.46. The first-order chi connectivity index (χ1) is 11.8. The highest BCUT2D eigenvalue weighted by Gasteiger charge is 2.08. The molecule has 0 unspecified atom stereocenters. The number of nitrogens with one attached hydrogen (secondary N) is 1. The van der Waals surface area contributed by atoms with Gasteiger partial charge in [-0.25, -0.2) is 0 Å². The maximum Gasteiger partial charge on any atom is 0.225 e. The van der Waals surface area contributed by atoms with Crippen molar-refractivity contribution in [3.05, 3.63) is 66.5 Å². The summed E-state index contributed by atoms with van der Waals surface area (Å²) in [6.45, 7) is 0. The number of nitrogens with zero attached hydrogens (tertiary/aromatic N) is 4. The van der Waals surface area contributed by atoms with Crippen molar-refractivity contribution in [2.24, 2.45) is 0 Å². The Kier molecular flexibility index (Phi) is 5.57. The van der Waals surface area contributed by atoms with Crippen molar-refractivity contribution in [3.63, 3.8) is 0 Å². The van der Waals surface area contributed by atoms with Gasteiger partial charge >= 0.3 is 0 Å². The first-order valence-corrected chi connectivity index (χ1v) is 8.74. The first kappa shape index (κ1) is 16.2. The SMILES string of the molecule is O=C(CCSCc1nnnn1-c1ccccc1)Nc1ccccc1. The van der Waals surface area contributed by atoms with Gasteiger partial charge in [-0.1, -0.05) is 36.4 Å². The Morgan fingerprint density at radius 2 is 1.75 bits per heavy atom. The van der Waals surface area contributed by atoms with E-state index in [4.69, 9.17) is 0 Å². The van der Waals surface area contributed by atoms with E-state index in [0.29, 0.717) is 17.9 Å². The third kappa shape index (κ3) is 4.42. The third-order valence-corrected chi connectivity index (χ3v) is 4.25. The normalized spacial score (nSPS) is 10.5. The maximum absolute atomic E-state index is 11.9. The van der Waals surface area contributed by atoms with Crippen molar-refractivity contribution in [1.82, 2.24) is 20.2 Å². The largest absolute Gasteiger partial charge is 0.326 e. The van der Waals surface area contributed by atoms with Crippen LogP contribution in [0.2, 0.25) is 0 Å². The smallest absolute Gasteiger partial charge is 0.225 e. The number of anilines is 1. The standard InChI is InChI=1S/C17H17N5OS/c23-17(18-14-7-3-1-4-8-14)11-12-24-13-16-19-20-21-22(16)15-9-5-2-6-10-15/h1-10H,11-13H2,(H,18,23). The summed E-state index contributed by atoms with van der Waals surface area (Å²) in [4.78, 5) is 11.9. The van der Waals surface area contributed by atoms with E-state index in [1.165, 1.54) is 0 Å². The summed E-state index contributed by atoms with van der Waals surface area (Å²) < 4.78 is 1.72. The van der Waals surface area contributed by atoms with Crippen LogP contribution in [-0.4, -0.2) is 31.9 Å². The number of aromatic nitrogens is 4. The van der Waals surface area contributed by atoms with Gasteiger partial charge in [0.25, 0.3) is 0 Å². The van der Waals surface area contributed by atoms with E-state index < -0.39 is 0 Å².